The maximum atomic E-state index is 12.1. The maximum absolute atomic E-state index is 12.1. The normalized spacial score (nSPS) is 21.1. The van der Waals surface area contributed by atoms with Gasteiger partial charge in [-0.05, 0) is 18.8 Å². The van der Waals surface area contributed by atoms with E-state index in [4.69, 9.17) is 10.5 Å². The van der Waals surface area contributed by atoms with Crippen molar-refractivity contribution in [3.63, 3.8) is 0 Å². The van der Waals surface area contributed by atoms with E-state index in [1.807, 2.05) is 0 Å². The zero-order valence-corrected chi connectivity index (χ0v) is 10.6. The monoisotopic (exact) mass is 228 g/mol. The Morgan fingerprint density at radius 1 is 1.44 bits per heavy atom. The first-order chi connectivity index (χ1) is 7.49. The number of carbonyl (C=O) groups is 1. The van der Waals surface area contributed by atoms with Gasteiger partial charge in [0.2, 0.25) is 5.91 Å². The summed E-state index contributed by atoms with van der Waals surface area (Å²) in [6.07, 6.45) is 3.72. The van der Waals surface area contributed by atoms with Crippen LogP contribution in [0.5, 0.6) is 0 Å². The fourth-order valence-corrected chi connectivity index (χ4v) is 2.13. The van der Waals surface area contributed by atoms with Gasteiger partial charge in [-0.15, -0.1) is 0 Å². The molecule has 0 spiro atoms. The van der Waals surface area contributed by atoms with Gasteiger partial charge in [0.15, 0.2) is 0 Å². The zero-order valence-electron chi connectivity index (χ0n) is 10.6. The smallest absolute Gasteiger partial charge is 0.240 e. The lowest BCUT2D eigenvalue weighted by molar-refractivity contribution is -0.127. The van der Waals surface area contributed by atoms with Crippen LogP contribution >= 0.6 is 0 Å². The molecule has 1 amide bonds. The van der Waals surface area contributed by atoms with Crippen molar-refractivity contribution in [2.75, 3.05) is 13.7 Å². The number of hydrogen-bond donors (Lipinski definition) is 2. The molecule has 1 saturated carbocycles. The van der Waals surface area contributed by atoms with Gasteiger partial charge in [-0.25, -0.2) is 0 Å². The Bertz CT molecular complexity index is 235. The van der Waals surface area contributed by atoms with Crippen LogP contribution in [0.3, 0.4) is 0 Å². The minimum absolute atomic E-state index is 0.0132. The summed E-state index contributed by atoms with van der Waals surface area (Å²) in [6.45, 7) is 4.68. The number of methoxy groups -OCH3 is 1. The lowest BCUT2D eigenvalue weighted by Crippen LogP contribution is -2.56. The van der Waals surface area contributed by atoms with Gasteiger partial charge in [0.05, 0.1) is 18.2 Å². The van der Waals surface area contributed by atoms with Gasteiger partial charge in [-0.3, -0.25) is 4.79 Å². The summed E-state index contributed by atoms with van der Waals surface area (Å²) in [4.78, 5) is 12.1. The molecule has 1 rings (SSSR count). The van der Waals surface area contributed by atoms with Crippen molar-refractivity contribution >= 4 is 5.91 Å². The molecule has 1 unspecified atom stereocenters. The predicted octanol–water partition coefficient (Wildman–Crippen LogP) is 1.05. The molecule has 0 radical (unpaired) electrons. The summed E-state index contributed by atoms with van der Waals surface area (Å²) < 4.78 is 5.11. The molecule has 0 aromatic rings. The van der Waals surface area contributed by atoms with Crippen LogP contribution in [-0.4, -0.2) is 31.2 Å². The van der Waals surface area contributed by atoms with Crippen molar-refractivity contribution in [2.45, 2.75) is 51.1 Å². The van der Waals surface area contributed by atoms with Crippen LogP contribution in [0.4, 0.5) is 0 Å². The van der Waals surface area contributed by atoms with Crippen molar-refractivity contribution in [3.8, 4) is 0 Å². The quantitative estimate of drug-likeness (QED) is 0.739. The Morgan fingerprint density at radius 2 is 2.00 bits per heavy atom. The first-order valence-electron chi connectivity index (χ1n) is 6.08. The summed E-state index contributed by atoms with van der Waals surface area (Å²) in [6, 6.07) is 0.0542. The van der Waals surface area contributed by atoms with Gasteiger partial charge in [0.1, 0.15) is 0 Å². The fraction of sp³-hybridized carbons (Fsp3) is 0.917. The highest BCUT2D eigenvalue weighted by Gasteiger charge is 2.38. The van der Waals surface area contributed by atoms with E-state index in [1.165, 1.54) is 0 Å². The van der Waals surface area contributed by atoms with Crippen molar-refractivity contribution in [1.29, 1.82) is 0 Å². The number of amides is 1. The molecule has 0 bridgehead atoms. The van der Waals surface area contributed by atoms with E-state index in [0.717, 1.165) is 25.7 Å². The van der Waals surface area contributed by atoms with Crippen molar-refractivity contribution in [2.24, 2.45) is 11.7 Å². The van der Waals surface area contributed by atoms with Crippen molar-refractivity contribution in [1.82, 2.24) is 5.32 Å². The number of hydrogen-bond acceptors (Lipinski definition) is 3. The molecule has 0 aromatic carbocycles. The molecular formula is C12H24N2O2. The largest absolute Gasteiger partial charge is 0.383 e. The Kier molecular flexibility index (Phi) is 4.74. The number of carbonyl (C=O) groups excluding carboxylic acids is 1. The van der Waals surface area contributed by atoms with E-state index in [-0.39, 0.29) is 11.9 Å². The van der Waals surface area contributed by atoms with Crippen LogP contribution < -0.4 is 11.1 Å². The van der Waals surface area contributed by atoms with Gasteiger partial charge in [-0.1, -0.05) is 26.7 Å². The summed E-state index contributed by atoms with van der Waals surface area (Å²) in [5.41, 5.74) is 5.46. The average molecular weight is 228 g/mol. The van der Waals surface area contributed by atoms with E-state index in [0.29, 0.717) is 12.5 Å². The highest BCUT2D eigenvalue weighted by Crippen LogP contribution is 2.27. The van der Waals surface area contributed by atoms with E-state index in [9.17, 15) is 4.79 Å². The van der Waals surface area contributed by atoms with Crippen LogP contribution in [0.2, 0.25) is 0 Å². The predicted molar refractivity (Wildman–Crippen MR) is 64.0 cm³/mol. The number of ether oxygens (including phenoxy) is 1. The van der Waals surface area contributed by atoms with Gasteiger partial charge in [0, 0.05) is 7.11 Å². The van der Waals surface area contributed by atoms with Gasteiger partial charge >= 0.3 is 0 Å². The van der Waals surface area contributed by atoms with Gasteiger partial charge in [-0.2, -0.15) is 0 Å². The van der Waals surface area contributed by atoms with Gasteiger partial charge < -0.3 is 15.8 Å². The van der Waals surface area contributed by atoms with Crippen LogP contribution in [-0.2, 0) is 9.53 Å². The maximum Gasteiger partial charge on any atom is 0.240 e. The Labute approximate surface area is 97.9 Å². The van der Waals surface area contributed by atoms with E-state index in [1.54, 1.807) is 7.11 Å². The SMILES string of the molecule is COCC(NC(=O)C1(N)CCCC1)C(C)C. The lowest BCUT2D eigenvalue weighted by Gasteiger charge is -2.28. The molecule has 0 saturated heterocycles. The molecule has 1 fully saturated rings. The zero-order chi connectivity index (χ0) is 12.2. The minimum atomic E-state index is -0.638. The molecule has 1 aliphatic rings. The molecule has 4 nitrogen and oxygen atoms in total. The summed E-state index contributed by atoms with van der Waals surface area (Å²) >= 11 is 0. The van der Waals surface area contributed by atoms with E-state index in [2.05, 4.69) is 19.2 Å². The molecule has 3 N–H and O–H groups in total. The number of rotatable bonds is 5. The van der Waals surface area contributed by atoms with Crippen LogP contribution in [0, 0.1) is 5.92 Å². The highest BCUT2D eigenvalue weighted by atomic mass is 16.5. The third-order valence-electron chi connectivity index (χ3n) is 3.42. The second-order valence-corrected chi connectivity index (χ2v) is 5.14. The molecule has 0 heterocycles. The van der Waals surface area contributed by atoms with Gasteiger partial charge in [0.25, 0.3) is 0 Å². The van der Waals surface area contributed by atoms with Crippen molar-refractivity contribution in [3.05, 3.63) is 0 Å². The highest BCUT2D eigenvalue weighted by molar-refractivity contribution is 5.86. The van der Waals surface area contributed by atoms with Crippen LogP contribution in [0.25, 0.3) is 0 Å². The van der Waals surface area contributed by atoms with E-state index >= 15 is 0 Å². The van der Waals surface area contributed by atoms with Crippen LogP contribution in [0.15, 0.2) is 0 Å². The molecular weight excluding hydrogens is 204 g/mol. The Hall–Kier alpha value is -0.610. The first-order valence-corrected chi connectivity index (χ1v) is 6.08. The minimum Gasteiger partial charge on any atom is -0.383 e. The second kappa shape index (κ2) is 5.64. The summed E-state index contributed by atoms with van der Waals surface area (Å²) in [5, 5.41) is 3.01. The molecule has 0 aromatic heterocycles. The topological polar surface area (TPSA) is 64.3 Å². The molecule has 4 heteroatoms. The third kappa shape index (κ3) is 3.19. The third-order valence-corrected chi connectivity index (χ3v) is 3.42. The first kappa shape index (κ1) is 13.5. The molecule has 1 aliphatic carbocycles. The van der Waals surface area contributed by atoms with Crippen LogP contribution in [0.1, 0.15) is 39.5 Å². The average Bonchev–Trinajstić information content (AvgIpc) is 2.65. The molecule has 0 aliphatic heterocycles. The Balaban J connectivity index is 2.53. The number of nitrogens with two attached hydrogens (primary N) is 1. The molecule has 1 atom stereocenters. The standard InChI is InChI=1S/C12H24N2O2/c1-9(2)10(8-16-3)14-11(15)12(13)6-4-5-7-12/h9-10H,4-8,13H2,1-3H3,(H,14,15). The molecule has 16 heavy (non-hydrogen) atoms. The lowest BCUT2D eigenvalue weighted by atomic mass is 9.96. The van der Waals surface area contributed by atoms with E-state index < -0.39 is 5.54 Å². The van der Waals surface area contributed by atoms with Crippen molar-refractivity contribution < 1.29 is 9.53 Å². The molecule has 94 valence electrons. The fourth-order valence-electron chi connectivity index (χ4n) is 2.13. The Morgan fingerprint density at radius 3 is 2.44 bits per heavy atom. The summed E-state index contributed by atoms with van der Waals surface area (Å²) in [7, 11) is 1.65. The second-order valence-electron chi connectivity index (χ2n) is 5.14. The summed E-state index contributed by atoms with van der Waals surface area (Å²) in [5.74, 6) is 0.342. The number of nitrogens with one attached hydrogen (secondary N) is 1.